The molecule has 2 rings (SSSR count). The Morgan fingerprint density at radius 2 is 2.26 bits per heavy atom. The first-order valence-electron chi connectivity index (χ1n) is 5.86. The van der Waals surface area contributed by atoms with Gasteiger partial charge in [-0.1, -0.05) is 5.16 Å². The van der Waals surface area contributed by atoms with E-state index in [0.29, 0.717) is 22.8 Å². The van der Waals surface area contributed by atoms with Crippen molar-refractivity contribution in [1.29, 1.82) is 0 Å². The lowest BCUT2D eigenvalue weighted by atomic mass is 10.1. The van der Waals surface area contributed by atoms with Gasteiger partial charge in [0.25, 0.3) is 0 Å². The van der Waals surface area contributed by atoms with E-state index in [1.54, 1.807) is 19.1 Å². The molecule has 1 heterocycles. The number of aryl methyl sites for hydroxylation is 1. The van der Waals surface area contributed by atoms with Crippen LogP contribution >= 0.6 is 0 Å². The van der Waals surface area contributed by atoms with E-state index in [1.165, 1.54) is 13.2 Å². The molecule has 0 saturated carbocycles. The predicted octanol–water partition coefficient (Wildman–Crippen LogP) is 1.73. The summed E-state index contributed by atoms with van der Waals surface area (Å²) < 4.78 is 23.0. The van der Waals surface area contributed by atoms with E-state index in [0.717, 1.165) is 0 Å². The number of halogens is 1. The SMILES string of the molecule is COCC(O)Cc1nc(-c2ccc(F)c(C)c2)no1. The molecule has 102 valence electrons. The second-order valence-corrected chi connectivity index (χ2v) is 4.29. The fraction of sp³-hybridized carbons (Fsp3) is 0.385. The van der Waals surface area contributed by atoms with Gasteiger partial charge in [-0.25, -0.2) is 4.39 Å². The summed E-state index contributed by atoms with van der Waals surface area (Å²) in [5, 5.41) is 13.4. The first kappa shape index (κ1) is 13.6. The van der Waals surface area contributed by atoms with Gasteiger partial charge in [0.15, 0.2) is 0 Å². The highest BCUT2D eigenvalue weighted by atomic mass is 19.1. The Bertz CT molecular complexity index is 557. The van der Waals surface area contributed by atoms with Crippen molar-refractivity contribution >= 4 is 0 Å². The minimum Gasteiger partial charge on any atom is -0.390 e. The zero-order valence-corrected chi connectivity index (χ0v) is 10.8. The van der Waals surface area contributed by atoms with Crippen LogP contribution < -0.4 is 0 Å². The molecule has 1 unspecified atom stereocenters. The van der Waals surface area contributed by atoms with Crippen LogP contribution in [0, 0.1) is 12.7 Å². The van der Waals surface area contributed by atoms with Crippen LogP contribution in [0.25, 0.3) is 11.4 Å². The van der Waals surface area contributed by atoms with Gasteiger partial charge in [0.1, 0.15) is 5.82 Å². The number of aromatic nitrogens is 2. The lowest BCUT2D eigenvalue weighted by molar-refractivity contribution is 0.0599. The molecule has 0 amide bonds. The highest BCUT2D eigenvalue weighted by Crippen LogP contribution is 2.19. The van der Waals surface area contributed by atoms with Crippen LogP contribution in [0.1, 0.15) is 11.5 Å². The summed E-state index contributed by atoms with van der Waals surface area (Å²) in [6.07, 6.45) is -0.464. The Kier molecular flexibility index (Phi) is 4.24. The van der Waals surface area contributed by atoms with Gasteiger partial charge in [0.05, 0.1) is 19.1 Å². The Morgan fingerprint density at radius 3 is 2.95 bits per heavy atom. The molecule has 0 aliphatic rings. The lowest BCUT2D eigenvalue weighted by Crippen LogP contribution is -2.17. The van der Waals surface area contributed by atoms with Crippen LogP contribution in [0.4, 0.5) is 4.39 Å². The third kappa shape index (κ3) is 3.36. The summed E-state index contributed by atoms with van der Waals surface area (Å²) in [5.74, 6) is 0.423. The van der Waals surface area contributed by atoms with E-state index >= 15 is 0 Å². The molecular weight excluding hydrogens is 251 g/mol. The minimum atomic E-state index is -0.687. The number of aliphatic hydroxyl groups excluding tert-OH is 1. The number of rotatable bonds is 5. The van der Waals surface area contributed by atoms with Gasteiger partial charge in [-0.3, -0.25) is 0 Å². The first-order chi connectivity index (χ1) is 9.10. The molecule has 1 aromatic heterocycles. The van der Waals surface area contributed by atoms with Gasteiger partial charge in [0.2, 0.25) is 11.7 Å². The Morgan fingerprint density at radius 1 is 1.47 bits per heavy atom. The van der Waals surface area contributed by atoms with Gasteiger partial charge in [-0.15, -0.1) is 0 Å². The van der Waals surface area contributed by atoms with Crippen LogP contribution in [0.5, 0.6) is 0 Å². The second kappa shape index (κ2) is 5.90. The largest absolute Gasteiger partial charge is 0.390 e. The maximum atomic E-state index is 13.2. The molecule has 1 aromatic carbocycles. The lowest BCUT2D eigenvalue weighted by Gasteiger charge is -2.04. The average Bonchev–Trinajstić information content (AvgIpc) is 2.81. The molecule has 0 aliphatic carbocycles. The molecule has 0 saturated heterocycles. The molecule has 0 bridgehead atoms. The van der Waals surface area contributed by atoms with Crippen molar-refractivity contribution in [1.82, 2.24) is 10.1 Å². The van der Waals surface area contributed by atoms with Crippen LogP contribution in [0.15, 0.2) is 22.7 Å². The molecule has 1 atom stereocenters. The van der Waals surface area contributed by atoms with Crippen molar-refractivity contribution in [2.24, 2.45) is 0 Å². The number of benzene rings is 1. The number of methoxy groups -OCH3 is 1. The van der Waals surface area contributed by atoms with Gasteiger partial charge in [-0.05, 0) is 30.7 Å². The standard InChI is InChI=1S/C13H15FN2O3/c1-8-5-9(3-4-11(8)14)13-15-12(19-16-13)6-10(17)7-18-2/h3-5,10,17H,6-7H2,1-2H3. The fourth-order valence-electron chi connectivity index (χ4n) is 1.69. The zero-order chi connectivity index (χ0) is 13.8. The molecule has 5 nitrogen and oxygen atoms in total. The van der Waals surface area contributed by atoms with E-state index < -0.39 is 6.10 Å². The van der Waals surface area contributed by atoms with Gasteiger partial charge in [-0.2, -0.15) is 4.98 Å². The molecule has 19 heavy (non-hydrogen) atoms. The number of ether oxygens (including phenoxy) is 1. The number of hydrogen-bond acceptors (Lipinski definition) is 5. The monoisotopic (exact) mass is 266 g/mol. The normalized spacial score (nSPS) is 12.6. The molecule has 0 aliphatic heterocycles. The van der Waals surface area contributed by atoms with E-state index in [4.69, 9.17) is 9.26 Å². The molecule has 1 N–H and O–H groups in total. The van der Waals surface area contributed by atoms with Crippen LogP contribution in [-0.2, 0) is 11.2 Å². The van der Waals surface area contributed by atoms with Crippen molar-refractivity contribution in [3.63, 3.8) is 0 Å². The van der Waals surface area contributed by atoms with E-state index in [9.17, 15) is 9.50 Å². The summed E-state index contributed by atoms with van der Waals surface area (Å²) in [6, 6.07) is 4.60. The maximum Gasteiger partial charge on any atom is 0.229 e. The van der Waals surface area contributed by atoms with Gasteiger partial charge in [0, 0.05) is 12.7 Å². The number of nitrogens with zero attached hydrogens (tertiary/aromatic N) is 2. The third-order valence-electron chi connectivity index (χ3n) is 2.65. The van der Waals surface area contributed by atoms with E-state index in [1.807, 2.05) is 0 Å². The molecule has 6 heteroatoms. The highest BCUT2D eigenvalue weighted by Gasteiger charge is 2.13. The summed E-state index contributed by atoms with van der Waals surface area (Å²) in [6.45, 7) is 1.87. The highest BCUT2D eigenvalue weighted by molar-refractivity contribution is 5.55. The van der Waals surface area contributed by atoms with Crippen molar-refractivity contribution in [2.45, 2.75) is 19.4 Å². The summed E-state index contributed by atoms with van der Waals surface area (Å²) in [4.78, 5) is 4.16. The van der Waals surface area contributed by atoms with E-state index in [2.05, 4.69) is 10.1 Å². The van der Waals surface area contributed by atoms with Crippen molar-refractivity contribution in [2.75, 3.05) is 13.7 Å². The Hall–Kier alpha value is -1.79. The molecular formula is C13H15FN2O3. The van der Waals surface area contributed by atoms with Gasteiger partial charge >= 0.3 is 0 Å². The molecule has 2 aromatic rings. The van der Waals surface area contributed by atoms with Crippen molar-refractivity contribution < 1.29 is 18.8 Å². The van der Waals surface area contributed by atoms with Crippen molar-refractivity contribution in [3.8, 4) is 11.4 Å². The first-order valence-corrected chi connectivity index (χ1v) is 5.86. The van der Waals surface area contributed by atoms with Crippen LogP contribution in [0.2, 0.25) is 0 Å². The number of hydrogen-bond donors (Lipinski definition) is 1. The van der Waals surface area contributed by atoms with Crippen LogP contribution in [0.3, 0.4) is 0 Å². The molecule has 0 radical (unpaired) electrons. The average molecular weight is 266 g/mol. The summed E-state index contributed by atoms with van der Waals surface area (Å²) >= 11 is 0. The summed E-state index contributed by atoms with van der Waals surface area (Å²) in [5.41, 5.74) is 1.19. The topological polar surface area (TPSA) is 68.4 Å². The van der Waals surface area contributed by atoms with Gasteiger partial charge < -0.3 is 14.4 Å². The third-order valence-corrected chi connectivity index (χ3v) is 2.65. The van der Waals surface area contributed by atoms with Crippen molar-refractivity contribution in [3.05, 3.63) is 35.5 Å². The molecule has 0 spiro atoms. The number of aliphatic hydroxyl groups is 1. The van der Waals surface area contributed by atoms with E-state index in [-0.39, 0.29) is 18.8 Å². The smallest absolute Gasteiger partial charge is 0.229 e. The van der Waals surface area contributed by atoms with Crippen LogP contribution in [-0.4, -0.2) is 35.1 Å². The Labute approximate surface area is 110 Å². The maximum absolute atomic E-state index is 13.2. The minimum absolute atomic E-state index is 0.202. The predicted molar refractivity (Wildman–Crippen MR) is 66.0 cm³/mol. The Balaban J connectivity index is 2.14. The second-order valence-electron chi connectivity index (χ2n) is 4.29. The quantitative estimate of drug-likeness (QED) is 0.892. The summed E-state index contributed by atoms with van der Waals surface area (Å²) in [7, 11) is 1.50. The molecule has 0 fully saturated rings. The fourth-order valence-corrected chi connectivity index (χ4v) is 1.69. The zero-order valence-electron chi connectivity index (χ0n) is 10.8.